The molecule has 0 aliphatic heterocycles. The minimum atomic E-state index is -4.50. The van der Waals surface area contributed by atoms with Crippen molar-refractivity contribution in [2.45, 2.75) is 19.0 Å². The molecule has 1 rings (SSSR count). The number of rotatable bonds is 6. The number of hydrogen-bond acceptors (Lipinski definition) is 3. The molecular weight excluding hydrogens is 318 g/mol. The highest BCUT2D eigenvalue weighted by atomic mass is 32.2. The summed E-state index contributed by atoms with van der Waals surface area (Å²) in [5.41, 5.74) is -1.42. The number of hydrogen-bond donors (Lipinski definition) is 2. The molecule has 0 bridgehead atoms. The summed E-state index contributed by atoms with van der Waals surface area (Å²) < 4.78 is 74.1. The second-order valence-corrected chi connectivity index (χ2v) is 5.95. The van der Waals surface area contributed by atoms with Gasteiger partial charge in [0.05, 0.1) is 17.0 Å². The fraction of sp³-hybridized carbons (Fsp3) is 0.364. The third-order valence-electron chi connectivity index (χ3n) is 2.37. The number of nitrogens with one attached hydrogen (secondary N) is 1. The molecule has 0 radical (unpaired) electrons. The summed E-state index contributed by atoms with van der Waals surface area (Å²) in [5, 5.41) is 8.82. The van der Waals surface area contributed by atoms with Gasteiger partial charge in [-0.05, 0) is 18.6 Å². The highest BCUT2D eigenvalue weighted by Gasteiger charge is 2.28. The predicted molar refractivity (Wildman–Crippen MR) is 66.1 cm³/mol. The Hall–Kier alpha value is -1.84. The van der Waals surface area contributed by atoms with Crippen LogP contribution in [0.25, 0.3) is 0 Å². The molecule has 0 spiro atoms. The molecule has 0 unspecified atom stereocenters. The van der Waals surface area contributed by atoms with Gasteiger partial charge in [0.25, 0.3) is 0 Å². The van der Waals surface area contributed by atoms with E-state index in [4.69, 9.17) is 5.11 Å². The first kappa shape index (κ1) is 17.2. The van der Waals surface area contributed by atoms with Crippen LogP contribution in [0.15, 0.2) is 18.2 Å². The topological polar surface area (TPSA) is 83.5 Å². The number of carboxylic acids is 1. The van der Waals surface area contributed by atoms with Crippen molar-refractivity contribution >= 4 is 21.7 Å². The molecule has 0 aliphatic carbocycles. The molecule has 5 nitrogen and oxygen atoms in total. The summed E-state index contributed by atoms with van der Waals surface area (Å²) in [6.45, 7) is 0. The molecule has 0 fully saturated rings. The minimum absolute atomic E-state index is 0.630. The summed E-state index contributed by atoms with van der Waals surface area (Å²) in [4.78, 5) is 10.9. The molecule has 118 valence electrons. The maximum Gasteiger partial charge on any atom is 0.389 e. The van der Waals surface area contributed by atoms with E-state index in [-0.39, 0.29) is 0 Å². The van der Waals surface area contributed by atoms with Crippen molar-refractivity contribution in [3.63, 3.8) is 0 Å². The third-order valence-corrected chi connectivity index (χ3v) is 3.72. The first-order valence-electron chi connectivity index (χ1n) is 5.61. The second kappa shape index (κ2) is 6.29. The van der Waals surface area contributed by atoms with Crippen LogP contribution >= 0.6 is 0 Å². The van der Waals surface area contributed by atoms with Gasteiger partial charge in [0.2, 0.25) is 10.0 Å². The molecule has 0 saturated carbocycles. The van der Waals surface area contributed by atoms with E-state index >= 15 is 0 Å². The Balaban J connectivity index is 2.87. The molecule has 0 atom stereocenters. The highest BCUT2D eigenvalue weighted by Crippen LogP contribution is 2.24. The van der Waals surface area contributed by atoms with Crippen LogP contribution < -0.4 is 4.72 Å². The van der Waals surface area contributed by atoms with Crippen LogP contribution in [0, 0.1) is 5.82 Å². The summed E-state index contributed by atoms with van der Waals surface area (Å²) >= 11 is 0. The number of halogens is 4. The minimum Gasteiger partial charge on any atom is -0.478 e. The van der Waals surface area contributed by atoms with Gasteiger partial charge in [-0.15, -0.1) is 0 Å². The number of carboxylic acid groups (broad SMARTS) is 1. The molecule has 2 N–H and O–H groups in total. The van der Waals surface area contributed by atoms with E-state index in [0.29, 0.717) is 0 Å². The Labute approximate surface area is 117 Å². The van der Waals surface area contributed by atoms with E-state index in [1.807, 2.05) is 0 Å². The summed E-state index contributed by atoms with van der Waals surface area (Å²) in [7, 11) is -4.29. The van der Waals surface area contributed by atoms with Gasteiger partial charge in [-0.1, -0.05) is 6.07 Å². The number of para-hydroxylation sites is 1. The second-order valence-electron chi connectivity index (χ2n) is 4.11. The van der Waals surface area contributed by atoms with Crippen molar-refractivity contribution in [1.82, 2.24) is 0 Å². The summed E-state index contributed by atoms with van der Waals surface area (Å²) in [5.74, 6) is -3.60. The van der Waals surface area contributed by atoms with Gasteiger partial charge in [0, 0.05) is 6.42 Å². The Morgan fingerprint density at radius 1 is 1.29 bits per heavy atom. The number of carbonyl (C=O) groups is 1. The van der Waals surface area contributed by atoms with Crippen molar-refractivity contribution in [3.05, 3.63) is 29.6 Å². The van der Waals surface area contributed by atoms with Crippen molar-refractivity contribution in [3.8, 4) is 0 Å². The normalized spacial score (nSPS) is 12.2. The van der Waals surface area contributed by atoms with Crippen molar-refractivity contribution < 1.29 is 35.9 Å². The van der Waals surface area contributed by atoms with E-state index < -0.39 is 57.8 Å². The molecule has 10 heteroatoms. The number of sulfonamides is 1. The maximum atomic E-state index is 13.5. The number of benzene rings is 1. The van der Waals surface area contributed by atoms with Gasteiger partial charge in [0.15, 0.2) is 0 Å². The van der Waals surface area contributed by atoms with E-state index in [1.165, 1.54) is 0 Å². The summed E-state index contributed by atoms with van der Waals surface area (Å²) in [6.07, 6.45) is -6.52. The zero-order valence-corrected chi connectivity index (χ0v) is 11.3. The Morgan fingerprint density at radius 2 is 1.90 bits per heavy atom. The van der Waals surface area contributed by atoms with E-state index in [2.05, 4.69) is 0 Å². The molecular formula is C11H11F4NO4S. The van der Waals surface area contributed by atoms with Crippen LogP contribution in [-0.2, 0) is 10.0 Å². The smallest absolute Gasteiger partial charge is 0.389 e. The van der Waals surface area contributed by atoms with Gasteiger partial charge < -0.3 is 5.11 Å². The Morgan fingerprint density at radius 3 is 2.43 bits per heavy atom. The van der Waals surface area contributed by atoms with Crippen LogP contribution in [0.4, 0.5) is 23.2 Å². The summed E-state index contributed by atoms with van der Waals surface area (Å²) in [6, 6.07) is 2.87. The lowest BCUT2D eigenvalue weighted by atomic mass is 10.2. The average Bonchev–Trinajstić information content (AvgIpc) is 2.29. The Kier molecular flexibility index (Phi) is 5.15. The number of anilines is 1. The highest BCUT2D eigenvalue weighted by molar-refractivity contribution is 7.92. The average molecular weight is 329 g/mol. The lowest BCUT2D eigenvalue weighted by Crippen LogP contribution is -2.21. The van der Waals surface area contributed by atoms with Crippen molar-refractivity contribution in [2.75, 3.05) is 10.5 Å². The van der Waals surface area contributed by atoms with Gasteiger partial charge in [-0.3, -0.25) is 4.72 Å². The van der Waals surface area contributed by atoms with Crippen LogP contribution in [0.2, 0.25) is 0 Å². The first-order valence-corrected chi connectivity index (χ1v) is 7.26. The van der Waals surface area contributed by atoms with Crippen molar-refractivity contribution in [1.29, 1.82) is 0 Å². The fourth-order valence-electron chi connectivity index (χ4n) is 1.48. The van der Waals surface area contributed by atoms with E-state index in [9.17, 15) is 30.8 Å². The molecule has 0 aromatic heterocycles. The van der Waals surface area contributed by atoms with Crippen molar-refractivity contribution in [2.24, 2.45) is 0 Å². The number of alkyl halides is 3. The lowest BCUT2D eigenvalue weighted by molar-refractivity contribution is -0.134. The van der Waals surface area contributed by atoms with Crippen LogP contribution in [0.5, 0.6) is 0 Å². The van der Waals surface area contributed by atoms with Gasteiger partial charge in [0.1, 0.15) is 5.82 Å². The molecule has 1 aromatic carbocycles. The maximum absolute atomic E-state index is 13.5. The SMILES string of the molecule is O=C(O)c1cccc(F)c1NS(=O)(=O)CCCC(F)(F)F. The van der Waals surface area contributed by atoms with E-state index in [1.54, 1.807) is 4.72 Å². The van der Waals surface area contributed by atoms with Gasteiger partial charge >= 0.3 is 12.1 Å². The fourth-order valence-corrected chi connectivity index (χ4v) is 2.62. The van der Waals surface area contributed by atoms with Crippen LogP contribution in [0.1, 0.15) is 23.2 Å². The molecule has 21 heavy (non-hydrogen) atoms. The van der Waals surface area contributed by atoms with E-state index in [0.717, 1.165) is 18.2 Å². The van der Waals surface area contributed by atoms with Gasteiger partial charge in [-0.2, -0.15) is 13.2 Å². The zero-order valence-electron chi connectivity index (χ0n) is 10.4. The van der Waals surface area contributed by atoms with Gasteiger partial charge in [-0.25, -0.2) is 17.6 Å². The molecule has 0 aliphatic rings. The third kappa shape index (κ3) is 5.58. The standard InChI is InChI=1S/C11H11F4NO4S/c12-8-4-1-3-7(10(17)18)9(8)16-21(19,20)6-2-5-11(13,14)15/h1,3-4,16H,2,5-6H2,(H,17,18). The molecule has 1 aromatic rings. The molecule has 0 saturated heterocycles. The molecule has 0 amide bonds. The largest absolute Gasteiger partial charge is 0.478 e. The predicted octanol–water partition coefficient (Wildman–Crippen LogP) is 2.61. The zero-order chi connectivity index (χ0) is 16.3. The lowest BCUT2D eigenvalue weighted by Gasteiger charge is -2.12. The quantitative estimate of drug-likeness (QED) is 0.786. The monoisotopic (exact) mass is 329 g/mol. The Bertz CT molecular complexity index is 628. The number of aromatic carboxylic acids is 1. The molecule has 0 heterocycles. The van der Waals surface area contributed by atoms with Crippen LogP contribution in [0.3, 0.4) is 0 Å². The first-order chi connectivity index (χ1) is 9.52. The van der Waals surface area contributed by atoms with Crippen LogP contribution in [-0.4, -0.2) is 31.4 Å².